The average Bonchev–Trinajstić information content (AvgIpc) is 3.12. The molecule has 2 aliphatic carbocycles. The molecule has 24 heavy (non-hydrogen) atoms. The fourth-order valence-electron chi connectivity index (χ4n) is 4.00. The van der Waals surface area contributed by atoms with Gasteiger partial charge in [-0.2, -0.15) is 0 Å². The Bertz CT molecular complexity index is 877. The second kappa shape index (κ2) is 7.35. The number of benzene rings is 2. The van der Waals surface area contributed by atoms with Crippen molar-refractivity contribution in [1.29, 1.82) is 0 Å². The first-order valence-electron chi connectivity index (χ1n) is 8.01. The van der Waals surface area contributed by atoms with Crippen molar-refractivity contribution < 1.29 is 15.3 Å². The number of hydrogen-bond donors (Lipinski definition) is 0. The molecule has 0 aliphatic heterocycles. The van der Waals surface area contributed by atoms with E-state index in [0.717, 1.165) is 6.42 Å². The van der Waals surface area contributed by atoms with Crippen LogP contribution in [0.2, 0.25) is 10.5 Å². The molecule has 0 spiro atoms. The first-order valence-corrected chi connectivity index (χ1v) is 16.1. The topological polar surface area (TPSA) is 0 Å². The van der Waals surface area contributed by atoms with Gasteiger partial charge in [-0.3, -0.25) is 0 Å². The average molecular weight is 410 g/mol. The van der Waals surface area contributed by atoms with Gasteiger partial charge in [0, 0.05) is 0 Å². The van der Waals surface area contributed by atoms with Gasteiger partial charge in [0.2, 0.25) is 0 Å². The van der Waals surface area contributed by atoms with Crippen molar-refractivity contribution >= 4 is 38.0 Å². The van der Waals surface area contributed by atoms with Crippen LogP contribution in [0.15, 0.2) is 60.7 Å². The molecule has 0 N–H and O–H groups in total. The fraction of sp³-hybridized carbons (Fsp3) is 0.200. The summed E-state index contributed by atoms with van der Waals surface area (Å²) in [5.74, 6) is 0. The van der Waals surface area contributed by atoms with Crippen molar-refractivity contribution in [1.82, 2.24) is 0 Å². The van der Waals surface area contributed by atoms with Gasteiger partial charge in [-0.1, -0.05) is 0 Å². The van der Waals surface area contributed by atoms with Gasteiger partial charge in [-0.05, 0) is 0 Å². The number of rotatable bonds is 2. The summed E-state index contributed by atoms with van der Waals surface area (Å²) in [6.45, 7) is 0. The molecule has 1 atom stereocenters. The Morgan fingerprint density at radius 3 is 2.25 bits per heavy atom. The monoisotopic (exact) mass is 409 g/mol. The van der Waals surface area contributed by atoms with Crippen molar-refractivity contribution in [2.24, 2.45) is 0 Å². The molecule has 0 heterocycles. The number of hydrogen-bond acceptors (Lipinski definition) is 0. The van der Waals surface area contributed by atoms with Gasteiger partial charge in [0.1, 0.15) is 0 Å². The van der Waals surface area contributed by atoms with Crippen LogP contribution in [0.25, 0.3) is 16.7 Å². The minimum absolute atomic E-state index is 0. The van der Waals surface area contributed by atoms with Gasteiger partial charge < -0.3 is 0 Å². The van der Waals surface area contributed by atoms with E-state index in [1.165, 1.54) is 22.3 Å². The van der Waals surface area contributed by atoms with Crippen LogP contribution in [0.3, 0.4) is 0 Å². The zero-order valence-corrected chi connectivity index (χ0v) is 18.7. The molecule has 0 fully saturated rings. The molecule has 0 amide bonds. The third kappa shape index (κ3) is 3.13. The quantitative estimate of drug-likeness (QED) is 0.554. The van der Waals surface area contributed by atoms with Crippen LogP contribution in [0.5, 0.6) is 0 Å². The van der Waals surface area contributed by atoms with E-state index < -0.39 is 15.3 Å². The van der Waals surface area contributed by atoms with E-state index in [-0.39, 0.29) is 24.8 Å². The summed E-state index contributed by atoms with van der Waals surface area (Å²) < 4.78 is 0.669. The molecule has 4 rings (SSSR count). The van der Waals surface area contributed by atoms with Gasteiger partial charge in [0.15, 0.2) is 0 Å². The van der Waals surface area contributed by atoms with Crippen LogP contribution >= 0.6 is 24.8 Å². The summed E-state index contributed by atoms with van der Waals surface area (Å²) in [6.07, 6.45) is 7.85. The second-order valence-corrected chi connectivity index (χ2v) is 21.7. The van der Waals surface area contributed by atoms with Crippen LogP contribution in [0.4, 0.5) is 0 Å². The summed E-state index contributed by atoms with van der Waals surface area (Å²) in [6, 6.07) is 16.0. The van der Waals surface area contributed by atoms with E-state index in [9.17, 15) is 0 Å². The van der Waals surface area contributed by atoms with Crippen LogP contribution < -0.4 is 0 Å². The number of allylic oxidation sites excluding steroid dienone is 4. The molecule has 4 heteroatoms. The SMILES string of the molecule is Cl.Cl.[CH3][Ti]([CH3])(=[SiH2])[CH]1c2ccccc2-c2cccc(C3=CC=CC3)c21. The summed E-state index contributed by atoms with van der Waals surface area (Å²) in [5, 5.41) is 5.13. The Morgan fingerprint density at radius 1 is 0.917 bits per heavy atom. The van der Waals surface area contributed by atoms with Gasteiger partial charge in [0.25, 0.3) is 0 Å². The molecule has 1 unspecified atom stereocenters. The van der Waals surface area contributed by atoms with E-state index in [0.29, 0.717) is 4.22 Å². The van der Waals surface area contributed by atoms with E-state index in [1.54, 1.807) is 11.1 Å². The Labute approximate surface area is 162 Å². The first-order chi connectivity index (χ1) is 10.6. The molecule has 0 saturated carbocycles. The summed E-state index contributed by atoms with van der Waals surface area (Å²) in [4.78, 5) is 0. The Kier molecular flexibility index (Phi) is 6.05. The Balaban J connectivity index is 0.00000104. The first kappa shape index (κ1) is 19.8. The molecule has 2 aliphatic rings. The molecule has 0 nitrogen and oxygen atoms in total. The molecule has 0 radical (unpaired) electrons. The maximum absolute atomic E-state index is 2.56. The zero-order chi connectivity index (χ0) is 15.3. The molecule has 0 bridgehead atoms. The third-order valence-electron chi connectivity index (χ3n) is 4.86. The second-order valence-electron chi connectivity index (χ2n) is 7.10. The number of halogens is 2. The summed E-state index contributed by atoms with van der Waals surface area (Å²) in [7, 11) is 2.31. The van der Waals surface area contributed by atoms with E-state index in [4.69, 9.17) is 0 Å². The van der Waals surface area contributed by atoms with E-state index in [1.807, 2.05) is 0 Å². The van der Waals surface area contributed by atoms with Gasteiger partial charge in [-0.25, -0.2) is 0 Å². The van der Waals surface area contributed by atoms with Crippen molar-refractivity contribution in [3.05, 3.63) is 77.4 Å². The molecule has 2 aromatic carbocycles. The summed E-state index contributed by atoms with van der Waals surface area (Å²) in [5.41, 5.74) is 9.14. The third-order valence-corrected chi connectivity index (χ3v) is 9.92. The predicted octanol–water partition coefficient (Wildman–Crippen LogP) is 5.74. The van der Waals surface area contributed by atoms with Crippen LogP contribution in [-0.2, 0) is 15.3 Å². The van der Waals surface area contributed by atoms with Gasteiger partial charge >= 0.3 is 138 Å². The van der Waals surface area contributed by atoms with Crippen LogP contribution in [0.1, 0.15) is 27.3 Å². The van der Waals surface area contributed by atoms with Crippen LogP contribution in [-0.4, -0.2) is 7.63 Å². The molecular weight excluding hydrogens is 387 g/mol. The number of fused-ring (bicyclic) bond motifs is 3. The van der Waals surface area contributed by atoms with Crippen molar-refractivity contribution in [3.8, 4) is 11.1 Å². The normalized spacial score (nSPS) is 17.4. The minimum atomic E-state index is -1.88. The molecular formula is C20H23Cl2SiTi. The molecule has 0 aromatic heterocycles. The standard InChI is InChI=1S/C18H13.2CH3.2ClH.H2Si.Ti/c1-2-7-13(6-1)15-10-5-11-17-16-9-4-3-8-14(16)12-18(15)17;;;;;;/h1-6,8-12H,7H2;2*1H3;2*1H;1H2;. The Morgan fingerprint density at radius 2 is 1.58 bits per heavy atom. The van der Waals surface area contributed by atoms with Gasteiger partial charge in [0.05, 0.1) is 0 Å². The molecule has 125 valence electrons. The predicted molar refractivity (Wildman–Crippen MR) is 110 cm³/mol. The Hall–Kier alpha value is -0.569. The van der Waals surface area contributed by atoms with Crippen molar-refractivity contribution in [3.63, 3.8) is 0 Å². The van der Waals surface area contributed by atoms with Gasteiger partial charge in [-0.15, -0.1) is 24.8 Å². The maximum atomic E-state index is 2.56. The zero-order valence-electron chi connectivity index (χ0n) is 14.1. The van der Waals surface area contributed by atoms with E-state index >= 15 is 0 Å². The molecule has 2 aromatic rings. The van der Waals surface area contributed by atoms with Crippen molar-refractivity contribution in [2.75, 3.05) is 0 Å². The van der Waals surface area contributed by atoms with E-state index in [2.05, 4.69) is 78.8 Å². The summed E-state index contributed by atoms with van der Waals surface area (Å²) >= 11 is -1.88. The van der Waals surface area contributed by atoms with Crippen LogP contribution in [0, 0.1) is 0 Å². The van der Waals surface area contributed by atoms with Crippen molar-refractivity contribution in [2.45, 2.75) is 21.1 Å². The fourth-order valence-corrected chi connectivity index (χ4v) is 9.16. The molecule has 0 saturated heterocycles.